The zero-order chi connectivity index (χ0) is 37.8. The molecule has 0 N–H and O–H groups in total. The van der Waals surface area contributed by atoms with Crippen molar-refractivity contribution in [3.63, 3.8) is 0 Å². The second kappa shape index (κ2) is 16.1. The van der Waals surface area contributed by atoms with Crippen molar-refractivity contribution >= 4 is 26.1 Å². The average Bonchev–Trinajstić information content (AvgIpc) is 3.87. The van der Waals surface area contributed by atoms with Crippen molar-refractivity contribution in [1.29, 1.82) is 0 Å². The molecule has 0 aromatic heterocycles. The van der Waals surface area contributed by atoms with Gasteiger partial charge in [0.25, 0.3) is 0 Å². The molecular weight excluding hydrogens is 904 g/mol. The molecule has 0 saturated heterocycles. The van der Waals surface area contributed by atoms with E-state index in [1.54, 1.807) is 27.8 Å². The van der Waals surface area contributed by atoms with Gasteiger partial charge < -0.3 is 24.8 Å². The van der Waals surface area contributed by atoms with Crippen LogP contribution in [0.15, 0.2) is 103 Å². The summed E-state index contributed by atoms with van der Waals surface area (Å²) in [6.45, 7) is 14.1. The summed E-state index contributed by atoms with van der Waals surface area (Å²) in [4.78, 5) is 0. The van der Waals surface area contributed by atoms with Crippen LogP contribution in [0.4, 0.5) is 26.3 Å². The molecule has 0 atom stereocenters. The van der Waals surface area contributed by atoms with E-state index in [1.165, 1.54) is 51.4 Å². The van der Waals surface area contributed by atoms with Crippen molar-refractivity contribution < 1.29 is 75.0 Å². The predicted molar refractivity (Wildman–Crippen MR) is 197 cm³/mol. The Bertz CT molecular complexity index is 2170. The summed E-state index contributed by atoms with van der Waals surface area (Å²) in [6, 6.07) is 19.2. The molecule has 0 saturated carbocycles. The molecule has 0 unspecified atom stereocenters. The maximum atomic E-state index is 12.5. The zero-order valence-electron chi connectivity index (χ0n) is 30.8. The van der Waals surface area contributed by atoms with E-state index in [4.69, 9.17) is 0 Å². The van der Waals surface area contributed by atoms with Crippen LogP contribution in [0, 0.1) is 11.8 Å². The third-order valence-corrected chi connectivity index (χ3v) is 12.2. The number of benzene rings is 3. The first-order valence-electron chi connectivity index (χ1n) is 17.3. The van der Waals surface area contributed by atoms with Gasteiger partial charge in [-0.05, 0) is 53.0 Å². The Hall–Kier alpha value is -3.26. The van der Waals surface area contributed by atoms with Gasteiger partial charge in [-0.25, -0.2) is 24.1 Å². The van der Waals surface area contributed by atoms with Crippen molar-refractivity contribution in [1.82, 2.24) is 0 Å². The van der Waals surface area contributed by atoms with Gasteiger partial charge in [-0.3, -0.25) is 0 Å². The van der Waals surface area contributed by atoms with Crippen molar-refractivity contribution in [2.45, 2.75) is 72.2 Å². The molecule has 0 amide bonds. The topological polar surface area (TPSA) is 0 Å². The Balaban J connectivity index is 0.000000208. The van der Waals surface area contributed by atoms with Gasteiger partial charge in [0, 0.05) is 0 Å². The molecule has 0 radical (unpaired) electrons. The normalized spacial score (nSPS) is 16.7. The molecule has 282 valence electrons. The van der Waals surface area contributed by atoms with E-state index in [0.717, 1.165) is 40.4 Å². The zero-order valence-corrected chi connectivity index (χ0v) is 35.9. The summed E-state index contributed by atoms with van der Waals surface area (Å²) in [5, 5.41) is 3.00. The first-order chi connectivity index (χ1) is 24.3. The fraction of sp³-hybridized carbons (Fsp3) is 0.267. The van der Waals surface area contributed by atoms with E-state index in [9.17, 15) is 26.3 Å². The van der Waals surface area contributed by atoms with Crippen LogP contribution in [-0.2, 0) is 48.1 Å². The molecule has 0 spiro atoms. The molecule has 0 heterocycles. The molecule has 4 aromatic carbocycles. The van der Waals surface area contributed by atoms with Gasteiger partial charge in [-0.2, -0.15) is 23.4 Å². The Morgan fingerprint density at radius 2 is 1.26 bits per heavy atom. The van der Waals surface area contributed by atoms with E-state index in [2.05, 4.69) is 72.3 Å². The van der Waals surface area contributed by atoms with Crippen LogP contribution in [0.2, 0.25) is 0 Å². The summed E-state index contributed by atoms with van der Waals surface area (Å²) in [6.07, 6.45) is 5.48. The Morgan fingerprint density at radius 3 is 1.72 bits per heavy atom. The summed E-state index contributed by atoms with van der Waals surface area (Å²) < 4.78 is 75.7. The number of allylic oxidation sites excluding steroid dienone is 6. The van der Waals surface area contributed by atoms with Gasteiger partial charge in [-0.15, -0.1) is 5.56 Å². The largest absolute Gasteiger partial charge is 1.00 e. The van der Waals surface area contributed by atoms with E-state index in [1.807, 2.05) is 30.3 Å². The second-order valence-electron chi connectivity index (χ2n) is 15.1. The minimum absolute atomic E-state index is 0. The molecule has 54 heavy (non-hydrogen) atoms. The Labute approximate surface area is 340 Å². The summed E-state index contributed by atoms with van der Waals surface area (Å²) in [5.74, 6) is 0. The van der Waals surface area contributed by atoms with Crippen molar-refractivity contribution in [2.75, 3.05) is 0 Å². The fourth-order valence-electron chi connectivity index (χ4n) is 7.80. The van der Waals surface area contributed by atoms with E-state index >= 15 is 0 Å². The van der Waals surface area contributed by atoms with E-state index < -0.39 is 23.5 Å². The predicted octanol–water partition coefficient (Wildman–Crippen LogP) is 5.10. The first-order valence-corrected chi connectivity index (χ1v) is 19.1. The minimum Gasteiger partial charge on any atom is -1.00 e. The molecule has 4 aliphatic carbocycles. The molecule has 8 rings (SSSR count). The number of rotatable bonds is 2. The van der Waals surface area contributed by atoms with Crippen LogP contribution >= 0.6 is 0 Å². The number of halogens is 8. The van der Waals surface area contributed by atoms with Crippen LogP contribution in [0.25, 0.3) is 22.8 Å². The van der Waals surface area contributed by atoms with E-state index in [0.29, 0.717) is 35.0 Å². The number of fused-ring (bicyclic) bond motifs is 7. The maximum Gasteiger partial charge on any atom is -0.172 e. The molecule has 0 nitrogen and oxygen atoms in total. The van der Waals surface area contributed by atoms with Crippen LogP contribution in [0.5, 0.6) is 0 Å². The average molecular weight is 944 g/mol. The van der Waals surface area contributed by atoms with Crippen LogP contribution < -0.4 is 35.3 Å². The molecule has 4 aromatic rings. The standard InChI is InChI=1S/C25H27.C15H8F6.C5H5.2ClH.Hf/c1-14-7-8-17-20(14)22-18(23-21(17)15(2)12-25(23,5)6)11-16-9-10-24(3,4)13-19(16)22;16-14(17,18)12-5-1-10(2-6-12)9-11-3-7-13(8-4-11)15(19,20)21;1-2-4-5-3-1;;;/h7-10,12H,11,13H2,1-6H3;1-8H;1-5H;2*1H;/q-1;;-1;;;+2/p-2. The molecule has 9 heteroatoms. The smallest absolute Gasteiger partial charge is 0.172 e. The third-order valence-electron chi connectivity index (χ3n) is 10.1. The summed E-state index contributed by atoms with van der Waals surface area (Å²) >= 11 is 0.493. The van der Waals surface area contributed by atoms with Crippen molar-refractivity contribution in [2.24, 2.45) is 5.41 Å². The molecular formula is C45H40Cl2F6Hf-2. The molecule has 0 aliphatic heterocycles. The van der Waals surface area contributed by atoms with Gasteiger partial charge >= 0.3 is 137 Å². The Kier molecular flexibility index (Phi) is 12.9. The van der Waals surface area contributed by atoms with Crippen molar-refractivity contribution in [3.8, 4) is 0 Å². The maximum absolute atomic E-state index is 12.5. The van der Waals surface area contributed by atoms with Crippen LogP contribution in [0.1, 0.15) is 92.5 Å². The van der Waals surface area contributed by atoms with Gasteiger partial charge in [0.05, 0.1) is 0 Å². The number of hydrogen-bond donors (Lipinski definition) is 0. The van der Waals surface area contributed by atoms with Gasteiger partial charge in [0.2, 0.25) is 0 Å². The molecule has 0 fully saturated rings. The first kappa shape index (κ1) is 43.5. The SMILES string of the molecule is CC1=CC=c2c1c1c(c3c2=C(C)[CH-]C3(C)C)CC2=C1CC(C)(C)C=C2.FC(F)(F)c1ccc([C](=[Hf+2])c2ccc(C(F)(F)F)cc2)cc1.[Cl-].[Cl-].c1cc[cH-]c1. The minimum atomic E-state index is -4.40. The Morgan fingerprint density at radius 1 is 0.741 bits per heavy atom. The van der Waals surface area contributed by atoms with Gasteiger partial charge in [0.15, 0.2) is 0 Å². The fourth-order valence-corrected chi connectivity index (χ4v) is 9.00. The third kappa shape index (κ3) is 8.74. The monoisotopic (exact) mass is 944 g/mol. The van der Waals surface area contributed by atoms with Crippen molar-refractivity contribution in [3.05, 3.63) is 164 Å². The van der Waals surface area contributed by atoms with Crippen LogP contribution in [0.3, 0.4) is 0 Å². The molecule has 0 bridgehead atoms. The summed E-state index contributed by atoms with van der Waals surface area (Å²) in [5.41, 5.74) is 12.4. The quantitative estimate of drug-likeness (QED) is 0.149. The summed E-state index contributed by atoms with van der Waals surface area (Å²) in [7, 11) is 0. The van der Waals surface area contributed by atoms with E-state index in [-0.39, 0.29) is 35.6 Å². The number of alkyl halides is 6. The number of hydrogen-bond acceptors (Lipinski definition) is 0. The second-order valence-corrected chi connectivity index (χ2v) is 16.9. The van der Waals surface area contributed by atoms with Gasteiger partial charge in [-0.1, -0.05) is 75.1 Å². The van der Waals surface area contributed by atoms with Gasteiger partial charge in [0.1, 0.15) is 0 Å². The van der Waals surface area contributed by atoms with Crippen LogP contribution in [-0.4, -0.2) is 3.26 Å². The molecule has 4 aliphatic rings.